The fraction of sp³-hybridized carbons (Fsp3) is 0.278. The van der Waals surface area contributed by atoms with Crippen LogP contribution in [-0.4, -0.2) is 26.8 Å². The van der Waals surface area contributed by atoms with Crippen molar-refractivity contribution in [2.24, 2.45) is 0 Å². The van der Waals surface area contributed by atoms with E-state index in [-0.39, 0.29) is 16.8 Å². The zero-order valence-corrected chi connectivity index (χ0v) is 15.6. The van der Waals surface area contributed by atoms with Crippen molar-refractivity contribution >= 4 is 44.9 Å². The Bertz CT molecular complexity index is 907. The second-order valence-electron chi connectivity index (χ2n) is 5.75. The molecule has 0 unspecified atom stereocenters. The molecular weight excluding hydrogens is 340 g/mol. The van der Waals surface area contributed by atoms with E-state index in [4.69, 9.17) is 0 Å². The van der Waals surface area contributed by atoms with Gasteiger partial charge >= 0.3 is 0 Å². The second-order valence-corrected chi connectivity index (χ2v) is 8.37. The largest absolute Gasteiger partial charge is 0.355 e. The number of benzene rings is 1. The van der Waals surface area contributed by atoms with Crippen molar-refractivity contribution in [3.05, 3.63) is 46.8 Å². The number of para-hydroxylation sites is 1. The van der Waals surface area contributed by atoms with Crippen LogP contribution in [0.4, 0.5) is 0 Å². The normalized spacial score (nSPS) is 12.5. The fourth-order valence-electron chi connectivity index (χ4n) is 2.83. The molecule has 0 aliphatic heterocycles. The van der Waals surface area contributed by atoms with Crippen LogP contribution in [0.1, 0.15) is 46.0 Å². The summed E-state index contributed by atoms with van der Waals surface area (Å²) in [5.74, 6) is -0.0286. The number of H-pyrrole nitrogens is 1. The van der Waals surface area contributed by atoms with Crippen LogP contribution in [0.5, 0.6) is 0 Å². The standard InChI is InChI=1S/C18H18N2O2S2/c1-9-15(11(3)21)10(2)19-16(9)17(22)12(4)23-18-20-13-7-5-6-8-14(13)24-18/h5-8,12,19H,1-4H3/t12-/m1/s1. The van der Waals surface area contributed by atoms with Crippen LogP contribution in [0.3, 0.4) is 0 Å². The summed E-state index contributed by atoms with van der Waals surface area (Å²) in [5, 5.41) is -0.276. The zero-order chi connectivity index (χ0) is 17.4. The summed E-state index contributed by atoms with van der Waals surface area (Å²) in [6, 6.07) is 7.94. The molecule has 0 spiro atoms. The smallest absolute Gasteiger partial charge is 0.192 e. The van der Waals surface area contributed by atoms with Gasteiger partial charge in [0, 0.05) is 11.3 Å². The van der Waals surface area contributed by atoms with E-state index in [0.717, 1.165) is 25.8 Å². The molecule has 124 valence electrons. The summed E-state index contributed by atoms with van der Waals surface area (Å²) in [6.07, 6.45) is 0. The zero-order valence-electron chi connectivity index (χ0n) is 14.0. The molecule has 6 heteroatoms. The molecule has 3 rings (SSSR count). The third kappa shape index (κ3) is 3.03. The molecule has 0 bridgehead atoms. The third-order valence-electron chi connectivity index (χ3n) is 3.96. The summed E-state index contributed by atoms with van der Waals surface area (Å²) >= 11 is 3.05. The summed E-state index contributed by atoms with van der Waals surface area (Å²) in [5.41, 5.74) is 3.59. The van der Waals surface area contributed by atoms with Crippen LogP contribution in [0, 0.1) is 13.8 Å². The first-order chi connectivity index (χ1) is 11.4. The van der Waals surface area contributed by atoms with Gasteiger partial charge in [0.25, 0.3) is 0 Å². The maximum absolute atomic E-state index is 12.8. The summed E-state index contributed by atoms with van der Waals surface area (Å²) < 4.78 is 2.00. The van der Waals surface area contributed by atoms with Crippen molar-refractivity contribution < 1.29 is 9.59 Å². The highest BCUT2D eigenvalue weighted by atomic mass is 32.2. The van der Waals surface area contributed by atoms with Crippen molar-refractivity contribution in [2.75, 3.05) is 0 Å². The van der Waals surface area contributed by atoms with Gasteiger partial charge in [-0.05, 0) is 45.4 Å². The average Bonchev–Trinajstić information content (AvgIpc) is 3.06. The van der Waals surface area contributed by atoms with Gasteiger partial charge in [-0.25, -0.2) is 4.98 Å². The predicted molar refractivity (Wildman–Crippen MR) is 99.5 cm³/mol. The number of rotatable bonds is 5. The Labute approximate surface area is 148 Å². The van der Waals surface area contributed by atoms with Crippen molar-refractivity contribution in [3.63, 3.8) is 0 Å². The number of aromatic nitrogens is 2. The van der Waals surface area contributed by atoms with Crippen molar-refractivity contribution in [1.29, 1.82) is 0 Å². The van der Waals surface area contributed by atoms with Crippen molar-refractivity contribution in [2.45, 2.75) is 37.3 Å². The number of carbonyl (C=O) groups excluding carboxylic acids is 2. The van der Waals surface area contributed by atoms with Crippen molar-refractivity contribution in [3.8, 4) is 0 Å². The Morgan fingerprint density at radius 1 is 1.25 bits per heavy atom. The first-order valence-corrected chi connectivity index (χ1v) is 9.34. The topological polar surface area (TPSA) is 62.8 Å². The van der Waals surface area contributed by atoms with Gasteiger partial charge in [-0.1, -0.05) is 23.9 Å². The van der Waals surface area contributed by atoms with E-state index in [2.05, 4.69) is 9.97 Å². The van der Waals surface area contributed by atoms with Gasteiger partial charge in [0.1, 0.15) is 0 Å². The summed E-state index contributed by atoms with van der Waals surface area (Å²) in [4.78, 5) is 32.2. The molecule has 0 aliphatic rings. The number of nitrogens with zero attached hydrogens (tertiary/aromatic N) is 1. The molecule has 1 atom stereocenters. The van der Waals surface area contributed by atoms with Gasteiger partial charge in [0.2, 0.25) is 0 Å². The molecule has 0 amide bonds. The van der Waals surface area contributed by atoms with E-state index >= 15 is 0 Å². The molecule has 4 nitrogen and oxygen atoms in total. The number of aromatic amines is 1. The van der Waals surface area contributed by atoms with Gasteiger partial charge < -0.3 is 4.98 Å². The molecule has 1 N–H and O–H groups in total. The number of thiazole rings is 1. The minimum atomic E-state index is -0.276. The van der Waals surface area contributed by atoms with Crippen LogP contribution in [0.25, 0.3) is 10.2 Å². The highest BCUT2D eigenvalue weighted by Crippen LogP contribution is 2.33. The van der Waals surface area contributed by atoms with Crippen LogP contribution in [0.15, 0.2) is 28.6 Å². The van der Waals surface area contributed by atoms with Gasteiger partial charge in [-0.3, -0.25) is 9.59 Å². The summed E-state index contributed by atoms with van der Waals surface area (Å²) in [6.45, 7) is 7.05. The number of aryl methyl sites for hydroxylation is 1. The molecule has 1 aromatic carbocycles. The highest BCUT2D eigenvalue weighted by Gasteiger charge is 2.25. The first-order valence-electron chi connectivity index (χ1n) is 7.65. The van der Waals surface area contributed by atoms with E-state index < -0.39 is 0 Å². The number of thioether (sulfide) groups is 1. The third-order valence-corrected chi connectivity index (χ3v) is 6.19. The minimum absolute atomic E-state index is 0.00708. The molecule has 2 heterocycles. The lowest BCUT2D eigenvalue weighted by atomic mass is 10.0. The lowest BCUT2D eigenvalue weighted by molar-refractivity contribution is 0.0988. The molecule has 0 radical (unpaired) electrons. The highest BCUT2D eigenvalue weighted by molar-refractivity contribution is 8.02. The average molecular weight is 358 g/mol. The second kappa shape index (κ2) is 6.53. The van der Waals surface area contributed by atoms with E-state index in [1.165, 1.54) is 18.7 Å². The fourth-order valence-corrected chi connectivity index (χ4v) is 5.10. The molecule has 24 heavy (non-hydrogen) atoms. The predicted octanol–water partition coefficient (Wildman–Crippen LogP) is 4.81. The number of carbonyl (C=O) groups is 2. The van der Waals surface area contributed by atoms with E-state index in [1.807, 2.05) is 45.0 Å². The molecule has 0 saturated carbocycles. The molecule has 3 aromatic rings. The van der Waals surface area contributed by atoms with Gasteiger partial charge in [-0.15, -0.1) is 11.3 Å². The number of fused-ring (bicyclic) bond motifs is 1. The van der Waals surface area contributed by atoms with Crippen LogP contribution in [0.2, 0.25) is 0 Å². The Balaban J connectivity index is 1.84. The molecule has 2 aromatic heterocycles. The lowest BCUT2D eigenvalue weighted by Gasteiger charge is -2.08. The Morgan fingerprint density at radius 3 is 2.58 bits per heavy atom. The van der Waals surface area contributed by atoms with E-state index in [9.17, 15) is 9.59 Å². The maximum atomic E-state index is 12.8. The van der Waals surface area contributed by atoms with Gasteiger partial charge in [-0.2, -0.15) is 0 Å². The number of nitrogens with one attached hydrogen (secondary N) is 1. The maximum Gasteiger partial charge on any atom is 0.192 e. The van der Waals surface area contributed by atoms with Crippen LogP contribution >= 0.6 is 23.1 Å². The number of ketones is 2. The monoisotopic (exact) mass is 358 g/mol. The Hall–Kier alpha value is -1.92. The SMILES string of the molecule is CC(=O)c1c(C)[nH]c(C(=O)[C@@H](C)Sc2nc3ccccc3s2)c1C. The molecule has 0 saturated heterocycles. The van der Waals surface area contributed by atoms with Crippen LogP contribution < -0.4 is 0 Å². The quantitative estimate of drug-likeness (QED) is 0.525. The Kier molecular flexibility index (Phi) is 4.60. The lowest BCUT2D eigenvalue weighted by Crippen LogP contribution is -2.15. The molecule has 0 aliphatic carbocycles. The molecule has 0 fully saturated rings. The number of Topliss-reactive ketones (excluding diaryl/α,β-unsaturated/α-hetero) is 2. The summed E-state index contributed by atoms with van der Waals surface area (Å²) in [7, 11) is 0. The Morgan fingerprint density at radius 2 is 1.96 bits per heavy atom. The van der Waals surface area contributed by atoms with Gasteiger partial charge in [0.15, 0.2) is 15.9 Å². The number of hydrogen-bond acceptors (Lipinski definition) is 5. The first kappa shape index (κ1) is 16.9. The van der Waals surface area contributed by atoms with Crippen molar-refractivity contribution in [1.82, 2.24) is 9.97 Å². The minimum Gasteiger partial charge on any atom is -0.355 e. The van der Waals surface area contributed by atoms with Gasteiger partial charge in [0.05, 0.1) is 21.2 Å². The molecular formula is C18H18N2O2S2. The number of hydrogen-bond donors (Lipinski definition) is 1. The van der Waals surface area contributed by atoms with E-state index in [1.54, 1.807) is 11.3 Å². The van der Waals surface area contributed by atoms with E-state index in [0.29, 0.717) is 11.3 Å². The van der Waals surface area contributed by atoms with Crippen LogP contribution in [-0.2, 0) is 0 Å².